The lowest BCUT2D eigenvalue weighted by molar-refractivity contribution is -0.153. The number of alkyl carbamates (subject to hydrolysis) is 1. The summed E-state index contributed by atoms with van der Waals surface area (Å²) in [5, 5.41) is 13.1. The number of thioether (sulfide) groups is 2. The molecule has 2 aromatic carbocycles. The summed E-state index contributed by atoms with van der Waals surface area (Å²) < 4.78 is 11.4. The maximum atomic E-state index is 13.8. The van der Waals surface area contributed by atoms with Crippen molar-refractivity contribution in [1.82, 2.24) is 10.2 Å². The number of nitrogens with zero attached hydrogens (tertiary/aromatic N) is 1. The normalized spacial score (nSPS) is 19.1. The minimum Gasteiger partial charge on any atom is -0.448 e. The number of allylic oxidation sites excluding steroid dienone is 1. The van der Waals surface area contributed by atoms with E-state index in [1.807, 2.05) is 60.7 Å². The number of benzene rings is 2. The molecule has 0 radical (unpaired) electrons. The molecule has 2 amide bonds. The average molecular weight is 569 g/mol. The largest absolute Gasteiger partial charge is 0.448 e. The van der Waals surface area contributed by atoms with Crippen molar-refractivity contribution in [2.45, 2.75) is 43.9 Å². The number of hydrogen-bond donors (Lipinski definition) is 2. The van der Waals surface area contributed by atoms with Crippen molar-refractivity contribution in [3.05, 3.63) is 94.5 Å². The Morgan fingerprint density at radius 1 is 1.13 bits per heavy atom. The number of rotatable bonds is 9. The third-order valence-corrected chi connectivity index (χ3v) is 7.92. The predicted octanol–water partition coefficient (Wildman–Crippen LogP) is 4.62. The fourth-order valence-corrected chi connectivity index (χ4v) is 6.01. The lowest BCUT2D eigenvalue weighted by atomic mass is 10.0. The van der Waals surface area contributed by atoms with Gasteiger partial charge >= 0.3 is 12.1 Å². The lowest BCUT2D eigenvalue weighted by Gasteiger charge is -2.49. The Labute approximate surface area is 236 Å². The summed E-state index contributed by atoms with van der Waals surface area (Å²) in [6.45, 7) is 5.27. The molecule has 2 aliphatic heterocycles. The Balaban J connectivity index is 1.62. The molecule has 0 saturated carbocycles. The fourth-order valence-electron chi connectivity index (χ4n) is 4.19. The van der Waals surface area contributed by atoms with Crippen molar-refractivity contribution in [2.24, 2.45) is 0 Å². The van der Waals surface area contributed by atoms with Gasteiger partial charge in [-0.2, -0.15) is 0 Å². The van der Waals surface area contributed by atoms with Crippen LogP contribution in [0.4, 0.5) is 4.79 Å². The number of carbonyl (C=O) groups excluding carboxylic acids is 3. The van der Waals surface area contributed by atoms with E-state index in [1.165, 1.54) is 28.4 Å². The molecule has 2 heterocycles. The highest BCUT2D eigenvalue weighted by molar-refractivity contribution is 8.02. The van der Waals surface area contributed by atoms with Crippen LogP contribution in [-0.4, -0.2) is 63.1 Å². The second-order valence-corrected chi connectivity index (χ2v) is 12.0. The minimum atomic E-state index is -0.819. The number of esters is 1. The van der Waals surface area contributed by atoms with Crippen molar-refractivity contribution in [3.8, 4) is 0 Å². The molecule has 2 aliphatic rings. The highest BCUT2D eigenvalue weighted by atomic mass is 32.2. The number of aliphatic hydroxyl groups excluding tert-OH is 1. The number of carbonyl (C=O) groups is 3. The molecule has 0 aliphatic carbocycles. The van der Waals surface area contributed by atoms with E-state index in [-0.39, 0.29) is 12.3 Å². The van der Waals surface area contributed by atoms with E-state index >= 15 is 0 Å². The van der Waals surface area contributed by atoms with E-state index in [4.69, 9.17) is 14.6 Å². The van der Waals surface area contributed by atoms with Gasteiger partial charge in [-0.25, -0.2) is 9.59 Å². The van der Waals surface area contributed by atoms with Crippen LogP contribution >= 0.6 is 23.5 Å². The molecule has 0 aromatic heterocycles. The van der Waals surface area contributed by atoms with Gasteiger partial charge in [-0.3, -0.25) is 9.69 Å². The Bertz CT molecular complexity index is 1200. The maximum Gasteiger partial charge on any atom is 0.408 e. The zero-order valence-electron chi connectivity index (χ0n) is 22.0. The minimum absolute atomic E-state index is 0.0260. The molecule has 39 heavy (non-hydrogen) atoms. The number of ether oxygens (including phenoxy) is 2. The highest BCUT2D eigenvalue weighted by Crippen LogP contribution is 2.42. The second kappa shape index (κ2) is 12.8. The van der Waals surface area contributed by atoms with Crippen LogP contribution < -0.4 is 5.32 Å². The molecule has 8 nitrogen and oxygen atoms in total. The van der Waals surface area contributed by atoms with Gasteiger partial charge in [0.1, 0.15) is 22.7 Å². The summed E-state index contributed by atoms with van der Waals surface area (Å²) in [5.41, 5.74) is 1.68. The molecular weight excluding hydrogens is 536 g/mol. The van der Waals surface area contributed by atoms with Crippen LogP contribution in [0.2, 0.25) is 0 Å². The van der Waals surface area contributed by atoms with Crippen LogP contribution in [0.15, 0.2) is 83.4 Å². The van der Waals surface area contributed by atoms with E-state index < -0.39 is 41.1 Å². The van der Waals surface area contributed by atoms with Gasteiger partial charge in [-0.1, -0.05) is 60.7 Å². The van der Waals surface area contributed by atoms with Gasteiger partial charge in [0.15, 0.2) is 6.10 Å². The molecule has 2 atom stereocenters. The predicted molar refractivity (Wildman–Crippen MR) is 153 cm³/mol. The smallest absolute Gasteiger partial charge is 0.408 e. The van der Waals surface area contributed by atoms with E-state index in [9.17, 15) is 14.4 Å². The zero-order valence-corrected chi connectivity index (χ0v) is 23.7. The summed E-state index contributed by atoms with van der Waals surface area (Å²) in [6, 6.07) is 18.0. The fraction of sp³-hybridized carbons (Fsp3) is 0.345. The molecule has 206 valence electrons. The van der Waals surface area contributed by atoms with Gasteiger partial charge in [0.2, 0.25) is 0 Å². The molecule has 4 rings (SSSR count). The van der Waals surface area contributed by atoms with Crippen LogP contribution in [0.5, 0.6) is 0 Å². The monoisotopic (exact) mass is 568 g/mol. The Morgan fingerprint density at radius 3 is 2.31 bits per heavy atom. The summed E-state index contributed by atoms with van der Waals surface area (Å²) in [4.78, 5) is 40.9. The molecule has 2 aromatic rings. The summed E-state index contributed by atoms with van der Waals surface area (Å²) in [7, 11) is 0. The highest BCUT2D eigenvalue weighted by Gasteiger charge is 2.54. The first-order valence-electron chi connectivity index (χ1n) is 12.6. The third kappa shape index (κ3) is 7.06. The second-order valence-electron chi connectivity index (χ2n) is 9.91. The quantitative estimate of drug-likeness (QED) is 0.257. The summed E-state index contributed by atoms with van der Waals surface area (Å²) >= 11 is 2.85. The average Bonchev–Trinajstić information content (AvgIpc) is 2.92. The SMILES string of the molecule is CC(C)(C)OC(=O)N[C@@H]1C(=O)N2C(C(=O)OC(c3ccccc3)c3ccccc3)=C(/C=C/SCCO)CS[C@H]12. The number of aliphatic hydroxyl groups is 1. The van der Waals surface area contributed by atoms with E-state index in [2.05, 4.69) is 5.32 Å². The van der Waals surface area contributed by atoms with Gasteiger partial charge in [0.25, 0.3) is 5.91 Å². The number of hydrogen-bond acceptors (Lipinski definition) is 8. The molecule has 0 bridgehead atoms. The molecule has 1 fully saturated rings. The van der Waals surface area contributed by atoms with Crippen LogP contribution in [0, 0.1) is 0 Å². The van der Waals surface area contributed by atoms with Crippen molar-refractivity contribution >= 4 is 41.5 Å². The summed E-state index contributed by atoms with van der Waals surface area (Å²) in [6.07, 6.45) is 0.414. The van der Waals surface area contributed by atoms with E-state index in [1.54, 1.807) is 32.3 Å². The van der Waals surface area contributed by atoms with Gasteiger partial charge in [0.05, 0.1) is 6.61 Å². The van der Waals surface area contributed by atoms with Crippen LogP contribution in [0.1, 0.15) is 38.0 Å². The number of nitrogens with one attached hydrogen (secondary N) is 1. The Morgan fingerprint density at radius 2 is 1.74 bits per heavy atom. The molecule has 0 unspecified atom stereocenters. The van der Waals surface area contributed by atoms with Crippen LogP contribution in [-0.2, 0) is 19.1 Å². The van der Waals surface area contributed by atoms with Crippen molar-refractivity contribution < 1.29 is 29.0 Å². The Kier molecular flexibility index (Phi) is 9.42. The van der Waals surface area contributed by atoms with Gasteiger partial charge in [-0.05, 0) is 49.0 Å². The maximum absolute atomic E-state index is 13.8. The van der Waals surface area contributed by atoms with Gasteiger partial charge < -0.3 is 19.9 Å². The first-order chi connectivity index (χ1) is 18.7. The molecule has 2 N–H and O–H groups in total. The number of fused-ring (bicyclic) bond motifs is 1. The van der Waals surface area contributed by atoms with Gasteiger partial charge in [-0.15, -0.1) is 23.5 Å². The number of amides is 2. The van der Waals surface area contributed by atoms with Gasteiger partial charge in [0, 0.05) is 11.5 Å². The molecule has 1 saturated heterocycles. The van der Waals surface area contributed by atoms with E-state index in [0.29, 0.717) is 17.1 Å². The van der Waals surface area contributed by atoms with E-state index in [0.717, 1.165) is 11.1 Å². The molecular formula is C29H32N2O6S2. The first-order valence-corrected chi connectivity index (χ1v) is 14.7. The number of β-lactam (4-membered cyclic amide) rings is 1. The third-order valence-electron chi connectivity index (χ3n) is 5.87. The Hall–Kier alpha value is -3.21. The standard InChI is InChI=1S/C29H32N2O6S2/c1-29(2,3)37-28(35)30-22-25(33)31-23(21(18-39-26(22)31)14-16-38-17-15-32)27(34)36-24(19-10-6-4-7-11-19)20-12-8-5-9-13-20/h4-14,16,22,24,26,32H,15,17-18H2,1-3H3,(H,30,35)/b16-14+/t22-,26-/m1/s1. The zero-order chi connectivity index (χ0) is 28.0. The van der Waals surface area contributed by atoms with Crippen LogP contribution in [0.25, 0.3) is 0 Å². The first kappa shape index (κ1) is 28.8. The van der Waals surface area contributed by atoms with Crippen LogP contribution in [0.3, 0.4) is 0 Å². The lowest BCUT2D eigenvalue weighted by Crippen LogP contribution is -2.70. The molecule has 10 heteroatoms. The topological polar surface area (TPSA) is 105 Å². The van der Waals surface area contributed by atoms with Crippen molar-refractivity contribution in [2.75, 3.05) is 18.1 Å². The van der Waals surface area contributed by atoms with Crippen molar-refractivity contribution in [1.29, 1.82) is 0 Å². The molecule has 0 spiro atoms. The van der Waals surface area contributed by atoms with Crippen molar-refractivity contribution in [3.63, 3.8) is 0 Å². The summed E-state index contributed by atoms with van der Waals surface area (Å²) in [5.74, 6) is -0.0969.